The minimum atomic E-state index is -0.283. The molecule has 3 aromatic carbocycles. The van der Waals surface area contributed by atoms with Crippen molar-refractivity contribution in [3.05, 3.63) is 83.1 Å². The van der Waals surface area contributed by atoms with Crippen molar-refractivity contribution in [2.24, 2.45) is 0 Å². The first-order chi connectivity index (χ1) is 17.5. The largest absolute Gasteiger partial charge is 0.493 e. The second-order valence-corrected chi connectivity index (χ2v) is 8.81. The Bertz CT molecular complexity index is 1340. The van der Waals surface area contributed by atoms with Crippen LogP contribution in [0.25, 0.3) is 11.0 Å². The van der Waals surface area contributed by atoms with Crippen LogP contribution in [-0.4, -0.2) is 36.3 Å². The monoisotopic (exact) mass is 507 g/mol. The first-order valence-corrected chi connectivity index (χ1v) is 12.2. The number of methoxy groups -OCH3 is 2. The highest BCUT2D eigenvalue weighted by Gasteiger charge is 2.19. The average Bonchev–Trinajstić information content (AvgIpc) is 3.26. The summed E-state index contributed by atoms with van der Waals surface area (Å²) in [6.07, 6.45) is 0.974. The van der Waals surface area contributed by atoms with Crippen LogP contribution in [0.4, 0.5) is 0 Å². The van der Waals surface area contributed by atoms with Gasteiger partial charge in [0.25, 0.3) is 0 Å². The average molecular weight is 508 g/mol. The van der Waals surface area contributed by atoms with E-state index in [9.17, 15) is 4.79 Å². The van der Waals surface area contributed by atoms with Gasteiger partial charge in [-0.2, -0.15) is 0 Å². The first kappa shape index (κ1) is 25.4. The van der Waals surface area contributed by atoms with E-state index >= 15 is 0 Å². The van der Waals surface area contributed by atoms with E-state index in [1.54, 1.807) is 20.3 Å². The number of aryl methyl sites for hydroxylation is 1. The molecule has 1 unspecified atom stereocenters. The lowest BCUT2D eigenvalue weighted by molar-refractivity contribution is -0.121. The zero-order chi connectivity index (χ0) is 25.5. The van der Waals surface area contributed by atoms with E-state index in [0.717, 1.165) is 28.8 Å². The third-order valence-corrected chi connectivity index (χ3v) is 6.19. The van der Waals surface area contributed by atoms with Crippen molar-refractivity contribution in [2.75, 3.05) is 20.8 Å². The van der Waals surface area contributed by atoms with Crippen LogP contribution in [0.3, 0.4) is 0 Å². The summed E-state index contributed by atoms with van der Waals surface area (Å²) in [4.78, 5) is 17.7. The quantitative estimate of drug-likeness (QED) is 0.268. The summed E-state index contributed by atoms with van der Waals surface area (Å²) in [5.41, 5.74) is 2.74. The number of aromatic nitrogens is 2. The summed E-state index contributed by atoms with van der Waals surface area (Å²) in [7, 11) is 3.16. The Morgan fingerprint density at radius 1 is 1.00 bits per heavy atom. The van der Waals surface area contributed by atoms with Crippen LogP contribution >= 0.6 is 11.6 Å². The molecule has 0 aliphatic rings. The van der Waals surface area contributed by atoms with Gasteiger partial charge in [0.15, 0.2) is 11.5 Å². The normalized spacial score (nSPS) is 11.8. The number of nitrogens with zero attached hydrogens (tertiary/aromatic N) is 2. The molecule has 0 saturated carbocycles. The number of amides is 1. The Morgan fingerprint density at radius 2 is 1.75 bits per heavy atom. The second-order valence-electron chi connectivity index (χ2n) is 8.40. The fraction of sp³-hybridized carbons (Fsp3) is 0.286. The lowest BCUT2D eigenvalue weighted by Crippen LogP contribution is -2.30. The van der Waals surface area contributed by atoms with Crippen molar-refractivity contribution in [3.63, 3.8) is 0 Å². The van der Waals surface area contributed by atoms with Gasteiger partial charge in [0.2, 0.25) is 5.91 Å². The number of imidazole rings is 1. The Morgan fingerprint density at radius 3 is 2.53 bits per heavy atom. The number of hydrogen-bond donors (Lipinski definition) is 1. The van der Waals surface area contributed by atoms with Gasteiger partial charge in [-0.3, -0.25) is 4.79 Å². The van der Waals surface area contributed by atoms with E-state index in [0.29, 0.717) is 35.4 Å². The molecule has 1 atom stereocenters. The van der Waals surface area contributed by atoms with E-state index in [4.69, 9.17) is 30.8 Å². The fourth-order valence-corrected chi connectivity index (χ4v) is 4.35. The van der Waals surface area contributed by atoms with Gasteiger partial charge in [-0.05, 0) is 55.3 Å². The zero-order valence-electron chi connectivity index (χ0n) is 20.7. The Balaban J connectivity index is 1.44. The molecule has 0 fully saturated rings. The van der Waals surface area contributed by atoms with Crippen LogP contribution in [0.1, 0.15) is 30.8 Å². The molecule has 1 amide bonds. The van der Waals surface area contributed by atoms with Gasteiger partial charge in [0, 0.05) is 6.54 Å². The van der Waals surface area contributed by atoms with Gasteiger partial charge in [-0.15, -0.1) is 0 Å². The van der Waals surface area contributed by atoms with Crippen LogP contribution < -0.4 is 19.5 Å². The maximum absolute atomic E-state index is 12.9. The predicted octanol–water partition coefficient (Wildman–Crippen LogP) is 5.60. The van der Waals surface area contributed by atoms with Gasteiger partial charge >= 0.3 is 0 Å². The van der Waals surface area contributed by atoms with Crippen LogP contribution in [-0.2, 0) is 17.8 Å². The van der Waals surface area contributed by atoms with Crippen molar-refractivity contribution < 1.29 is 19.0 Å². The molecule has 0 bridgehead atoms. The van der Waals surface area contributed by atoms with Crippen LogP contribution in [0.15, 0.2) is 66.7 Å². The molecule has 36 heavy (non-hydrogen) atoms. The standard InChI is InChI=1S/C28H30ClN3O4/c1-19(30-27(33)18-20-13-14-25(34-2)26(17-20)35-3)28-31-22-10-5-6-11-23(22)32(28)15-8-16-36-24-12-7-4-9-21(24)29/h4-7,9-14,17,19H,8,15-16,18H2,1-3H3,(H,30,33). The summed E-state index contributed by atoms with van der Waals surface area (Å²) in [5, 5.41) is 3.69. The summed E-state index contributed by atoms with van der Waals surface area (Å²) in [6.45, 7) is 3.15. The zero-order valence-corrected chi connectivity index (χ0v) is 21.4. The topological polar surface area (TPSA) is 74.6 Å². The Hall–Kier alpha value is -3.71. The molecule has 1 N–H and O–H groups in total. The third kappa shape index (κ3) is 5.91. The third-order valence-electron chi connectivity index (χ3n) is 5.88. The molecule has 0 aliphatic heterocycles. The summed E-state index contributed by atoms with van der Waals surface area (Å²) >= 11 is 6.19. The van der Waals surface area contributed by atoms with Crippen molar-refractivity contribution in [1.29, 1.82) is 0 Å². The predicted molar refractivity (Wildman–Crippen MR) is 141 cm³/mol. The number of halogens is 1. The molecule has 188 valence electrons. The smallest absolute Gasteiger partial charge is 0.224 e. The maximum Gasteiger partial charge on any atom is 0.224 e. The molecule has 4 rings (SSSR count). The Labute approximate surface area is 216 Å². The van der Waals surface area contributed by atoms with E-state index in [2.05, 4.69) is 9.88 Å². The highest BCUT2D eigenvalue weighted by Crippen LogP contribution is 2.28. The van der Waals surface area contributed by atoms with E-state index < -0.39 is 0 Å². The van der Waals surface area contributed by atoms with E-state index in [-0.39, 0.29) is 18.4 Å². The second kappa shape index (κ2) is 11.8. The molecular formula is C28H30ClN3O4. The first-order valence-electron chi connectivity index (χ1n) is 11.8. The van der Waals surface area contributed by atoms with Crippen LogP contribution in [0, 0.1) is 0 Å². The molecule has 0 spiro atoms. The summed E-state index contributed by atoms with van der Waals surface area (Å²) in [6, 6.07) is 20.6. The number of benzene rings is 3. The minimum Gasteiger partial charge on any atom is -0.493 e. The van der Waals surface area contributed by atoms with Crippen molar-refractivity contribution >= 4 is 28.5 Å². The summed E-state index contributed by atoms with van der Waals surface area (Å²) in [5.74, 6) is 2.59. The highest BCUT2D eigenvalue weighted by atomic mass is 35.5. The molecule has 7 nitrogen and oxygen atoms in total. The van der Waals surface area contributed by atoms with Crippen molar-refractivity contribution in [1.82, 2.24) is 14.9 Å². The minimum absolute atomic E-state index is 0.102. The van der Waals surface area contributed by atoms with Gasteiger partial charge in [-0.1, -0.05) is 41.9 Å². The number of para-hydroxylation sites is 3. The molecule has 8 heteroatoms. The number of fused-ring (bicyclic) bond motifs is 1. The van der Waals surface area contributed by atoms with Gasteiger partial charge < -0.3 is 24.1 Å². The van der Waals surface area contributed by atoms with E-state index in [1.165, 1.54) is 0 Å². The molecule has 4 aromatic rings. The molecule has 0 saturated heterocycles. The molecule has 0 radical (unpaired) electrons. The molecule has 1 aromatic heterocycles. The molecule has 1 heterocycles. The SMILES string of the molecule is COc1ccc(CC(=O)NC(C)c2nc3ccccc3n2CCCOc2ccccc2Cl)cc1OC. The van der Waals surface area contributed by atoms with Crippen molar-refractivity contribution in [3.8, 4) is 17.2 Å². The number of ether oxygens (including phenoxy) is 3. The van der Waals surface area contributed by atoms with Crippen LogP contribution in [0.5, 0.6) is 17.2 Å². The molecular weight excluding hydrogens is 478 g/mol. The Kier molecular flexibility index (Phi) is 8.33. The van der Waals surface area contributed by atoms with Gasteiger partial charge in [0.1, 0.15) is 11.6 Å². The number of carbonyl (C=O) groups is 1. The van der Waals surface area contributed by atoms with E-state index in [1.807, 2.05) is 67.6 Å². The van der Waals surface area contributed by atoms with Crippen molar-refractivity contribution in [2.45, 2.75) is 32.4 Å². The highest BCUT2D eigenvalue weighted by molar-refractivity contribution is 6.32. The number of rotatable bonds is 11. The fourth-order valence-electron chi connectivity index (χ4n) is 4.16. The number of nitrogens with one attached hydrogen (secondary N) is 1. The number of hydrogen-bond acceptors (Lipinski definition) is 5. The van der Waals surface area contributed by atoms with Gasteiger partial charge in [0.05, 0.1) is 49.3 Å². The maximum atomic E-state index is 12.9. The molecule has 0 aliphatic carbocycles. The van der Waals surface area contributed by atoms with Gasteiger partial charge in [-0.25, -0.2) is 4.98 Å². The summed E-state index contributed by atoms with van der Waals surface area (Å²) < 4.78 is 18.6. The lowest BCUT2D eigenvalue weighted by Gasteiger charge is -2.17. The number of carbonyl (C=O) groups excluding carboxylic acids is 1. The lowest BCUT2D eigenvalue weighted by atomic mass is 10.1. The van der Waals surface area contributed by atoms with Crippen LogP contribution in [0.2, 0.25) is 5.02 Å².